The summed E-state index contributed by atoms with van der Waals surface area (Å²) in [5.41, 5.74) is -1.04. The average Bonchev–Trinajstić information content (AvgIpc) is 3.02. The molecule has 5 rings (SSSR count). The Morgan fingerprint density at radius 2 is 2.00 bits per heavy atom. The van der Waals surface area contributed by atoms with Crippen molar-refractivity contribution in [3.8, 4) is 0 Å². The van der Waals surface area contributed by atoms with Gasteiger partial charge in [-0.25, -0.2) is 0 Å². The molecule has 1 spiro atoms. The minimum atomic E-state index is -1.81. The fraction of sp³-hybridized carbons (Fsp3) is 0.793. The Balaban J connectivity index is 1.53. The number of ketones is 2. The molecule has 2 N–H and O–H groups in total. The summed E-state index contributed by atoms with van der Waals surface area (Å²) in [5, 5.41) is 23.3. The lowest BCUT2D eigenvalue weighted by molar-refractivity contribution is -0.439. The molecule has 3 saturated carbocycles. The SMILES string of the molecule is CCCCC(C)C1(O)OCC(=O)[C@@]2(O1)[C@H](C)C[C@H]1[C@@H]3CCC4=CC(=O)C=C[C@]4(C)[C@H]3[C@@H](O)C[C@@]12C. The molecule has 1 saturated heterocycles. The summed E-state index contributed by atoms with van der Waals surface area (Å²) < 4.78 is 12.3. The number of hydrogen-bond donors (Lipinski definition) is 2. The number of hydrogen-bond acceptors (Lipinski definition) is 6. The Kier molecular flexibility index (Phi) is 6.03. The molecule has 194 valence electrons. The Morgan fingerprint density at radius 1 is 1.26 bits per heavy atom. The number of aliphatic hydroxyl groups is 2. The summed E-state index contributed by atoms with van der Waals surface area (Å²) in [6.45, 7) is 10.2. The van der Waals surface area contributed by atoms with Crippen molar-refractivity contribution in [2.75, 3.05) is 6.61 Å². The van der Waals surface area contributed by atoms with Gasteiger partial charge in [0.05, 0.1) is 6.10 Å². The lowest BCUT2D eigenvalue weighted by Gasteiger charge is -2.61. The second kappa shape index (κ2) is 8.34. The van der Waals surface area contributed by atoms with Crippen molar-refractivity contribution in [2.24, 2.45) is 40.4 Å². The van der Waals surface area contributed by atoms with E-state index in [9.17, 15) is 19.8 Å². The van der Waals surface area contributed by atoms with Gasteiger partial charge < -0.3 is 19.7 Å². The van der Waals surface area contributed by atoms with Gasteiger partial charge in [-0.1, -0.05) is 59.1 Å². The number of unbranched alkanes of at least 4 members (excludes halogenated alkanes) is 1. The van der Waals surface area contributed by atoms with Gasteiger partial charge in [-0.05, 0) is 62.0 Å². The van der Waals surface area contributed by atoms with Crippen molar-refractivity contribution in [3.05, 3.63) is 23.8 Å². The van der Waals surface area contributed by atoms with Gasteiger partial charge in [0, 0.05) is 22.7 Å². The normalized spacial score (nSPS) is 49.9. The highest BCUT2D eigenvalue weighted by atomic mass is 16.8. The molecule has 5 aliphatic rings. The first-order valence-electron chi connectivity index (χ1n) is 13.6. The summed E-state index contributed by atoms with van der Waals surface area (Å²) in [7, 11) is 0. The Morgan fingerprint density at radius 3 is 2.71 bits per heavy atom. The molecule has 4 aliphatic carbocycles. The zero-order valence-corrected chi connectivity index (χ0v) is 21.9. The van der Waals surface area contributed by atoms with Gasteiger partial charge in [0.25, 0.3) is 5.97 Å². The third-order valence-electron chi connectivity index (χ3n) is 10.8. The number of carbonyl (C=O) groups is 2. The lowest BCUT2D eigenvalue weighted by atomic mass is 9.46. The van der Waals surface area contributed by atoms with Crippen LogP contribution in [0.3, 0.4) is 0 Å². The number of Topliss-reactive ketones (excluding diaryl/α,β-unsaturated/α-hetero) is 1. The molecule has 0 aromatic carbocycles. The predicted molar refractivity (Wildman–Crippen MR) is 131 cm³/mol. The van der Waals surface area contributed by atoms with Crippen LogP contribution in [-0.4, -0.2) is 46.1 Å². The fourth-order valence-corrected chi connectivity index (χ4v) is 8.98. The van der Waals surface area contributed by atoms with Crippen LogP contribution in [0.1, 0.15) is 79.6 Å². The molecule has 0 bridgehead atoms. The molecule has 4 fully saturated rings. The van der Waals surface area contributed by atoms with Crippen molar-refractivity contribution < 1.29 is 29.3 Å². The molecule has 6 nitrogen and oxygen atoms in total. The van der Waals surface area contributed by atoms with Gasteiger partial charge in [-0.3, -0.25) is 9.59 Å². The molecule has 0 radical (unpaired) electrons. The second-order valence-corrected chi connectivity index (χ2v) is 12.6. The maximum absolute atomic E-state index is 13.7. The molecule has 0 amide bonds. The van der Waals surface area contributed by atoms with Crippen LogP contribution in [0.4, 0.5) is 0 Å². The minimum absolute atomic E-state index is 0.00965. The van der Waals surface area contributed by atoms with Crippen LogP contribution in [-0.2, 0) is 19.1 Å². The van der Waals surface area contributed by atoms with Crippen LogP contribution >= 0.6 is 0 Å². The first-order valence-corrected chi connectivity index (χ1v) is 13.6. The number of ether oxygens (including phenoxy) is 2. The van der Waals surface area contributed by atoms with Gasteiger partial charge in [-0.15, -0.1) is 0 Å². The number of rotatable bonds is 4. The zero-order chi connectivity index (χ0) is 25.4. The summed E-state index contributed by atoms with van der Waals surface area (Å²) in [6, 6.07) is 0. The maximum Gasteiger partial charge on any atom is 0.284 e. The molecular weight excluding hydrogens is 444 g/mol. The van der Waals surface area contributed by atoms with Crippen LogP contribution < -0.4 is 0 Å². The Labute approximate surface area is 209 Å². The van der Waals surface area contributed by atoms with Crippen LogP contribution in [0.2, 0.25) is 0 Å². The van der Waals surface area contributed by atoms with Gasteiger partial charge >= 0.3 is 0 Å². The van der Waals surface area contributed by atoms with Crippen LogP contribution in [0.25, 0.3) is 0 Å². The van der Waals surface area contributed by atoms with Crippen molar-refractivity contribution in [2.45, 2.75) is 97.2 Å². The number of carbonyl (C=O) groups excluding carboxylic acids is 2. The first kappa shape index (κ1) is 25.3. The second-order valence-electron chi connectivity index (χ2n) is 12.6. The summed E-state index contributed by atoms with van der Waals surface area (Å²) >= 11 is 0. The lowest BCUT2D eigenvalue weighted by Crippen LogP contribution is -2.69. The highest BCUT2D eigenvalue weighted by molar-refractivity contribution is 6.01. The Hall–Kier alpha value is -1.34. The highest BCUT2D eigenvalue weighted by Crippen LogP contribution is 2.70. The third-order valence-corrected chi connectivity index (χ3v) is 10.8. The molecule has 35 heavy (non-hydrogen) atoms. The van der Waals surface area contributed by atoms with Gasteiger partial charge in [0.1, 0.15) is 12.2 Å². The minimum Gasteiger partial charge on any atom is -0.393 e. The molecule has 10 atom stereocenters. The molecule has 2 unspecified atom stereocenters. The summed E-state index contributed by atoms with van der Waals surface area (Å²) in [5.74, 6) is -1.89. The molecule has 1 heterocycles. The first-order chi connectivity index (χ1) is 16.4. The van der Waals surface area contributed by atoms with E-state index in [1.807, 2.05) is 13.0 Å². The van der Waals surface area contributed by atoms with Crippen molar-refractivity contribution >= 4 is 11.6 Å². The largest absolute Gasteiger partial charge is 0.393 e. The van der Waals surface area contributed by atoms with Gasteiger partial charge in [0.2, 0.25) is 0 Å². The van der Waals surface area contributed by atoms with Crippen molar-refractivity contribution in [1.29, 1.82) is 0 Å². The van der Waals surface area contributed by atoms with Crippen molar-refractivity contribution in [3.63, 3.8) is 0 Å². The van der Waals surface area contributed by atoms with E-state index in [0.29, 0.717) is 6.42 Å². The fourth-order valence-electron chi connectivity index (χ4n) is 8.98. The monoisotopic (exact) mass is 486 g/mol. The maximum atomic E-state index is 13.7. The van der Waals surface area contributed by atoms with Gasteiger partial charge in [-0.2, -0.15) is 0 Å². The Bertz CT molecular complexity index is 970. The molecular formula is C29H42O6. The van der Waals surface area contributed by atoms with Crippen LogP contribution in [0, 0.1) is 40.4 Å². The van der Waals surface area contributed by atoms with Crippen LogP contribution in [0.5, 0.6) is 0 Å². The van der Waals surface area contributed by atoms with E-state index in [4.69, 9.17) is 9.47 Å². The summed E-state index contributed by atoms with van der Waals surface area (Å²) in [4.78, 5) is 25.8. The van der Waals surface area contributed by atoms with Crippen LogP contribution in [0.15, 0.2) is 23.8 Å². The van der Waals surface area contributed by atoms with E-state index in [1.54, 1.807) is 12.2 Å². The highest BCUT2D eigenvalue weighted by Gasteiger charge is 2.74. The standard InChI is InChI=1S/C29H42O6/c1-6-7-8-17(2)29(33)34-16-24(32)28(35-29)18(3)13-22-21-10-9-19-14-20(30)11-12-26(19,4)25(21)23(31)15-27(22,28)5/h11-12,14,17-18,21-23,25,31,33H,6-10,13,15-16H2,1-5H3/t17?,18-,21+,22+,23+,25-,26+,27+,28+,29?/m1/s1. The zero-order valence-electron chi connectivity index (χ0n) is 21.9. The molecule has 1 aliphatic heterocycles. The molecule has 0 aromatic heterocycles. The summed E-state index contributed by atoms with van der Waals surface area (Å²) in [6.07, 6.45) is 10.4. The van der Waals surface area contributed by atoms with E-state index in [-0.39, 0.29) is 53.2 Å². The predicted octanol–water partition coefficient (Wildman–Crippen LogP) is 4.34. The number of allylic oxidation sites excluding steroid dienone is 4. The van der Waals surface area contributed by atoms with E-state index < -0.39 is 23.1 Å². The van der Waals surface area contributed by atoms with Crippen molar-refractivity contribution in [1.82, 2.24) is 0 Å². The third kappa shape index (κ3) is 3.36. The topological polar surface area (TPSA) is 93.1 Å². The quantitative estimate of drug-likeness (QED) is 0.614. The van der Waals surface area contributed by atoms with Gasteiger partial charge in [0.15, 0.2) is 11.6 Å². The van der Waals surface area contributed by atoms with E-state index in [0.717, 1.165) is 44.1 Å². The average molecular weight is 487 g/mol. The molecule has 0 aromatic rings. The number of fused-ring (bicyclic) bond motifs is 6. The van der Waals surface area contributed by atoms with E-state index >= 15 is 0 Å². The smallest absolute Gasteiger partial charge is 0.284 e. The van der Waals surface area contributed by atoms with E-state index in [1.165, 1.54) is 0 Å². The molecule has 6 heteroatoms. The number of aliphatic hydroxyl groups excluding tert-OH is 1. The van der Waals surface area contributed by atoms with E-state index in [2.05, 4.69) is 27.7 Å².